The van der Waals surface area contributed by atoms with Gasteiger partial charge in [0, 0.05) is 5.02 Å². The molecule has 0 fully saturated rings. The van der Waals surface area contributed by atoms with Crippen LogP contribution in [-0.2, 0) is 9.53 Å². The predicted octanol–water partition coefficient (Wildman–Crippen LogP) is 3.84. The van der Waals surface area contributed by atoms with Gasteiger partial charge in [-0.25, -0.2) is 4.79 Å². The first-order chi connectivity index (χ1) is 11.0. The van der Waals surface area contributed by atoms with E-state index in [2.05, 4.69) is 10.6 Å². The molecule has 2 amide bonds. The van der Waals surface area contributed by atoms with Crippen LogP contribution in [0.3, 0.4) is 0 Å². The molecule has 0 aromatic heterocycles. The average Bonchev–Trinajstić information content (AvgIpc) is 2.42. The van der Waals surface area contributed by atoms with Gasteiger partial charge in [0.05, 0.1) is 12.8 Å². The Labute approximate surface area is 147 Å². The van der Waals surface area contributed by atoms with E-state index >= 15 is 0 Å². The Morgan fingerprint density at radius 1 is 1.21 bits per heavy atom. The number of methoxy groups -OCH3 is 1. The molecule has 0 saturated heterocycles. The van der Waals surface area contributed by atoms with Crippen molar-refractivity contribution >= 4 is 29.3 Å². The molecule has 2 N–H and O–H groups in total. The number of hydrogen-bond donors (Lipinski definition) is 2. The maximum Gasteiger partial charge on any atom is 0.408 e. The molecule has 0 aliphatic heterocycles. The number of alkyl carbamates (subject to hydrolysis) is 1. The lowest BCUT2D eigenvalue weighted by molar-refractivity contribution is -0.119. The van der Waals surface area contributed by atoms with Gasteiger partial charge in [-0.2, -0.15) is 0 Å². The molecule has 24 heavy (non-hydrogen) atoms. The van der Waals surface area contributed by atoms with Gasteiger partial charge in [-0.3, -0.25) is 4.79 Å². The number of carbonyl (C=O) groups excluding carboxylic acids is 2. The quantitative estimate of drug-likeness (QED) is 0.840. The summed E-state index contributed by atoms with van der Waals surface area (Å²) in [6.45, 7) is 8.93. The second-order valence-electron chi connectivity index (χ2n) is 6.70. The largest absolute Gasteiger partial charge is 0.495 e. The van der Waals surface area contributed by atoms with Crippen molar-refractivity contribution in [3.05, 3.63) is 23.2 Å². The second-order valence-corrected chi connectivity index (χ2v) is 7.14. The van der Waals surface area contributed by atoms with E-state index in [0.29, 0.717) is 16.5 Å². The fraction of sp³-hybridized carbons (Fsp3) is 0.529. The maximum absolute atomic E-state index is 12.6. The first kappa shape index (κ1) is 20.1. The van der Waals surface area contributed by atoms with Crippen LogP contribution in [0.15, 0.2) is 18.2 Å². The van der Waals surface area contributed by atoms with Crippen LogP contribution >= 0.6 is 11.6 Å². The summed E-state index contributed by atoms with van der Waals surface area (Å²) in [5.41, 5.74) is -0.204. The summed E-state index contributed by atoms with van der Waals surface area (Å²) in [4.78, 5) is 24.5. The fourth-order valence-corrected chi connectivity index (χ4v) is 2.13. The van der Waals surface area contributed by atoms with Gasteiger partial charge in [0.15, 0.2) is 0 Å². The Morgan fingerprint density at radius 3 is 2.33 bits per heavy atom. The molecule has 0 aliphatic carbocycles. The number of carbonyl (C=O) groups is 2. The molecule has 134 valence electrons. The molecule has 0 radical (unpaired) electrons. The standard InChI is InChI=1S/C17H25ClN2O4/c1-10(2)14(20-16(22)24-17(3,4)5)15(21)19-12-9-11(18)7-8-13(12)23-6/h7-10,14H,1-6H3,(H,19,21)(H,20,22). The molecule has 7 heteroatoms. The molecule has 0 saturated carbocycles. The summed E-state index contributed by atoms with van der Waals surface area (Å²) >= 11 is 5.96. The third kappa shape index (κ3) is 6.28. The number of anilines is 1. The minimum Gasteiger partial charge on any atom is -0.495 e. The van der Waals surface area contributed by atoms with Crippen molar-refractivity contribution in [3.63, 3.8) is 0 Å². The minimum atomic E-state index is -0.761. The zero-order chi connectivity index (χ0) is 18.5. The number of ether oxygens (including phenoxy) is 2. The molecule has 1 aromatic carbocycles. The van der Waals surface area contributed by atoms with Gasteiger partial charge in [0.25, 0.3) is 0 Å². The van der Waals surface area contributed by atoms with Crippen molar-refractivity contribution < 1.29 is 19.1 Å². The van der Waals surface area contributed by atoms with Crippen molar-refractivity contribution in [2.24, 2.45) is 5.92 Å². The summed E-state index contributed by atoms with van der Waals surface area (Å²) in [6, 6.07) is 4.14. The number of halogens is 1. The zero-order valence-corrected chi connectivity index (χ0v) is 15.7. The third-order valence-corrected chi connectivity index (χ3v) is 3.28. The smallest absolute Gasteiger partial charge is 0.408 e. The molecule has 0 spiro atoms. The first-order valence-corrected chi connectivity index (χ1v) is 8.05. The van der Waals surface area contributed by atoms with E-state index in [9.17, 15) is 9.59 Å². The van der Waals surface area contributed by atoms with Gasteiger partial charge < -0.3 is 20.1 Å². The van der Waals surface area contributed by atoms with Crippen LogP contribution in [0.4, 0.5) is 10.5 Å². The highest BCUT2D eigenvalue weighted by Crippen LogP contribution is 2.28. The summed E-state index contributed by atoms with van der Waals surface area (Å²) in [5, 5.41) is 5.80. The normalized spacial score (nSPS) is 12.5. The number of amides is 2. The highest BCUT2D eigenvalue weighted by atomic mass is 35.5. The molecule has 1 rings (SSSR count). The monoisotopic (exact) mass is 356 g/mol. The van der Waals surface area contributed by atoms with Crippen molar-refractivity contribution in [2.45, 2.75) is 46.3 Å². The third-order valence-electron chi connectivity index (χ3n) is 3.04. The van der Waals surface area contributed by atoms with Crippen molar-refractivity contribution in [1.29, 1.82) is 0 Å². The number of nitrogens with one attached hydrogen (secondary N) is 2. The van der Waals surface area contributed by atoms with E-state index in [1.807, 2.05) is 13.8 Å². The van der Waals surface area contributed by atoms with Crippen LogP contribution in [0, 0.1) is 5.92 Å². The Bertz CT molecular complexity index is 597. The maximum atomic E-state index is 12.6. The number of hydrogen-bond acceptors (Lipinski definition) is 4. The first-order valence-electron chi connectivity index (χ1n) is 7.67. The Morgan fingerprint density at radius 2 is 1.83 bits per heavy atom. The Balaban J connectivity index is 2.88. The average molecular weight is 357 g/mol. The van der Waals surface area contributed by atoms with E-state index < -0.39 is 17.7 Å². The van der Waals surface area contributed by atoms with E-state index in [0.717, 1.165) is 0 Å². The molecule has 0 heterocycles. The minimum absolute atomic E-state index is 0.136. The lowest BCUT2D eigenvalue weighted by atomic mass is 10.0. The van der Waals surface area contributed by atoms with Crippen LogP contribution in [0.25, 0.3) is 0 Å². The van der Waals surface area contributed by atoms with Crippen molar-refractivity contribution in [2.75, 3.05) is 12.4 Å². The molecular formula is C17H25ClN2O4. The molecular weight excluding hydrogens is 332 g/mol. The van der Waals surface area contributed by atoms with E-state index in [-0.39, 0.29) is 11.8 Å². The van der Waals surface area contributed by atoms with Crippen LogP contribution in [-0.4, -0.2) is 30.8 Å². The van der Waals surface area contributed by atoms with Crippen LogP contribution in [0.2, 0.25) is 5.02 Å². The summed E-state index contributed by atoms with van der Waals surface area (Å²) < 4.78 is 10.4. The van der Waals surface area contributed by atoms with Crippen LogP contribution < -0.4 is 15.4 Å². The molecule has 1 aromatic rings. The molecule has 1 unspecified atom stereocenters. The molecule has 0 bridgehead atoms. The van der Waals surface area contributed by atoms with Crippen molar-refractivity contribution in [1.82, 2.24) is 5.32 Å². The zero-order valence-electron chi connectivity index (χ0n) is 14.9. The summed E-state index contributed by atoms with van der Waals surface area (Å²) in [7, 11) is 1.50. The van der Waals surface area contributed by atoms with Gasteiger partial charge >= 0.3 is 6.09 Å². The number of benzene rings is 1. The molecule has 1 atom stereocenters. The van der Waals surface area contributed by atoms with Gasteiger partial charge in [0.2, 0.25) is 5.91 Å². The van der Waals surface area contributed by atoms with Gasteiger partial charge in [0.1, 0.15) is 17.4 Å². The summed E-state index contributed by atoms with van der Waals surface area (Å²) in [6.07, 6.45) is -0.644. The highest BCUT2D eigenvalue weighted by Gasteiger charge is 2.27. The van der Waals surface area contributed by atoms with Gasteiger partial charge in [-0.15, -0.1) is 0 Å². The summed E-state index contributed by atoms with van der Waals surface area (Å²) in [5.74, 6) is -0.0355. The van der Waals surface area contributed by atoms with Crippen LogP contribution in [0.1, 0.15) is 34.6 Å². The lowest BCUT2D eigenvalue weighted by Crippen LogP contribution is -2.48. The Hall–Kier alpha value is -1.95. The van der Waals surface area contributed by atoms with Gasteiger partial charge in [-0.1, -0.05) is 25.4 Å². The molecule has 0 aliphatic rings. The Kier molecular flexibility index (Phi) is 6.90. The van der Waals surface area contributed by atoms with Crippen LogP contribution in [0.5, 0.6) is 5.75 Å². The topological polar surface area (TPSA) is 76.7 Å². The van der Waals surface area contributed by atoms with Crippen molar-refractivity contribution in [3.8, 4) is 5.75 Å². The van der Waals surface area contributed by atoms with E-state index in [1.54, 1.807) is 39.0 Å². The fourth-order valence-electron chi connectivity index (χ4n) is 1.96. The van der Waals surface area contributed by atoms with Gasteiger partial charge in [-0.05, 0) is 44.9 Å². The van der Waals surface area contributed by atoms with E-state index in [1.165, 1.54) is 7.11 Å². The number of rotatable bonds is 5. The van der Waals surface area contributed by atoms with E-state index in [4.69, 9.17) is 21.1 Å². The highest BCUT2D eigenvalue weighted by molar-refractivity contribution is 6.31. The second kappa shape index (κ2) is 8.24. The predicted molar refractivity (Wildman–Crippen MR) is 94.6 cm³/mol. The SMILES string of the molecule is COc1ccc(Cl)cc1NC(=O)C(NC(=O)OC(C)(C)C)C(C)C. The lowest BCUT2D eigenvalue weighted by Gasteiger charge is -2.25. The molecule has 6 nitrogen and oxygen atoms in total.